The lowest BCUT2D eigenvalue weighted by molar-refractivity contribution is -0.136. The number of para-hydroxylation sites is 1. The smallest absolute Gasteiger partial charge is 0.313 e. The van der Waals surface area contributed by atoms with Gasteiger partial charge < -0.3 is 15.6 Å². The molecule has 0 bridgehead atoms. The second kappa shape index (κ2) is 7.53. The van der Waals surface area contributed by atoms with Gasteiger partial charge in [0.1, 0.15) is 0 Å². The summed E-state index contributed by atoms with van der Waals surface area (Å²) in [6, 6.07) is 16.3. The van der Waals surface area contributed by atoms with Crippen LogP contribution in [0.3, 0.4) is 0 Å². The van der Waals surface area contributed by atoms with Crippen molar-refractivity contribution in [3.8, 4) is 6.07 Å². The molecule has 0 radical (unpaired) electrons. The maximum atomic E-state index is 12.0. The van der Waals surface area contributed by atoms with E-state index in [4.69, 9.17) is 5.26 Å². The highest BCUT2D eigenvalue weighted by Gasteiger charge is 2.14. The number of nitriles is 1. The number of carbonyl (C=O) groups is 2. The average molecular weight is 346 g/mol. The number of aryl methyl sites for hydroxylation is 1. The highest BCUT2D eigenvalue weighted by atomic mass is 16.2. The molecule has 0 saturated carbocycles. The molecule has 2 amide bonds. The van der Waals surface area contributed by atoms with Crippen molar-refractivity contribution in [3.63, 3.8) is 0 Å². The summed E-state index contributed by atoms with van der Waals surface area (Å²) < 4.78 is 0. The van der Waals surface area contributed by atoms with E-state index in [0.29, 0.717) is 24.2 Å². The van der Waals surface area contributed by atoms with E-state index in [9.17, 15) is 9.59 Å². The van der Waals surface area contributed by atoms with Crippen LogP contribution in [0.4, 0.5) is 5.69 Å². The van der Waals surface area contributed by atoms with Gasteiger partial charge in [0.25, 0.3) is 0 Å². The third kappa shape index (κ3) is 3.73. The average Bonchev–Trinajstić information content (AvgIpc) is 2.97. The molecular weight excluding hydrogens is 328 g/mol. The Bertz CT molecular complexity index is 997. The minimum atomic E-state index is -0.731. The number of anilines is 1. The van der Waals surface area contributed by atoms with E-state index < -0.39 is 11.8 Å². The maximum absolute atomic E-state index is 12.0. The Hall–Kier alpha value is -3.59. The molecule has 3 aromatic rings. The number of nitrogens with zero attached hydrogens (tertiary/aromatic N) is 1. The molecule has 0 spiro atoms. The number of aromatic amines is 1. The number of amides is 2. The van der Waals surface area contributed by atoms with Crippen LogP contribution in [-0.4, -0.2) is 23.3 Å². The molecule has 0 aliphatic rings. The normalized spacial score (nSPS) is 10.3. The van der Waals surface area contributed by atoms with Crippen LogP contribution in [0.1, 0.15) is 16.8 Å². The number of aromatic nitrogens is 1. The Morgan fingerprint density at radius 1 is 1.08 bits per heavy atom. The van der Waals surface area contributed by atoms with Crippen molar-refractivity contribution < 1.29 is 9.59 Å². The first kappa shape index (κ1) is 17.2. The van der Waals surface area contributed by atoms with Crippen molar-refractivity contribution in [2.45, 2.75) is 13.3 Å². The number of benzene rings is 2. The number of nitrogens with one attached hydrogen (secondary N) is 3. The zero-order valence-corrected chi connectivity index (χ0v) is 14.3. The lowest BCUT2D eigenvalue weighted by Crippen LogP contribution is -2.36. The van der Waals surface area contributed by atoms with Gasteiger partial charge >= 0.3 is 11.8 Å². The zero-order chi connectivity index (χ0) is 18.5. The van der Waals surface area contributed by atoms with Crippen molar-refractivity contribution in [2.75, 3.05) is 11.9 Å². The van der Waals surface area contributed by atoms with Gasteiger partial charge in [-0.3, -0.25) is 9.59 Å². The predicted octanol–water partition coefficient (Wildman–Crippen LogP) is 2.65. The third-order valence-electron chi connectivity index (χ3n) is 4.17. The van der Waals surface area contributed by atoms with E-state index in [1.165, 1.54) is 0 Å². The van der Waals surface area contributed by atoms with E-state index in [2.05, 4.69) is 15.6 Å². The summed E-state index contributed by atoms with van der Waals surface area (Å²) in [5, 5.41) is 15.0. The number of carbonyl (C=O) groups excluding carboxylic acids is 2. The third-order valence-corrected chi connectivity index (χ3v) is 4.17. The SMILES string of the molecule is Cc1[nH]c2ccccc2c1CCNC(=O)C(=O)Nc1ccc(C#N)cc1. The van der Waals surface area contributed by atoms with Crippen LogP contribution < -0.4 is 10.6 Å². The summed E-state index contributed by atoms with van der Waals surface area (Å²) >= 11 is 0. The van der Waals surface area contributed by atoms with Gasteiger partial charge in [0.2, 0.25) is 0 Å². The van der Waals surface area contributed by atoms with E-state index >= 15 is 0 Å². The zero-order valence-electron chi connectivity index (χ0n) is 14.3. The van der Waals surface area contributed by atoms with Crippen molar-refractivity contribution in [1.82, 2.24) is 10.3 Å². The molecule has 6 nitrogen and oxygen atoms in total. The van der Waals surface area contributed by atoms with Crippen LogP contribution in [0.15, 0.2) is 48.5 Å². The maximum Gasteiger partial charge on any atom is 0.313 e. The van der Waals surface area contributed by atoms with Gasteiger partial charge in [-0.15, -0.1) is 0 Å². The molecule has 130 valence electrons. The fraction of sp³-hybridized carbons (Fsp3) is 0.150. The van der Waals surface area contributed by atoms with Crippen molar-refractivity contribution >= 4 is 28.4 Å². The molecule has 0 unspecified atom stereocenters. The molecule has 0 fully saturated rings. The topological polar surface area (TPSA) is 97.8 Å². The summed E-state index contributed by atoms with van der Waals surface area (Å²) in [4.78, 5) is 27.2. The molecule has 26 heavy (non-hydrogen) atoms. The molecule has 0 aliphatic carbocycles. The van der Waals surface area contributed by atoms with E-state index in [-0.39, 0.29) is 0 Å². The van der Waals surface area contributed by atoms with Crippen LogP contribution in [0.2, 0.25) is 0 Å². The minimum Gasteiger partial charge on any atom is -0.358 e. The Kier molecular flexibility index (Phi) is 4.99. The number of rotatable bonds is 4. The Balaban J connectivity index is 1.55. The van der Waals surface area contributed by atoms with Gasteiger partial charge in [0.15, 0.2) is 0 Å². The molecule has 0 saturated heterocycles. The number of hydrogen-bond acceptors (Lipinski definition) is 3. The van der Waals surface area contributed by atoms with Crippen LogP contribution in [0.25, 0.3) is 10.9 Å². The number of H-pyrrole nitrogens is 1. The first-order valence-electron chi connectivity index (χ1n) is 8.24. The number of fused-ring (bicyclic) bond motifs is 1. The van der Waals surface area contributed by atoms with Crippen molar-refractivity contribution in [2.24, 2.45) is 0 Å². The lowest BCUT2D eigenvalue weighted by Gasteiger charge is -2.07. The molecule has 3 N–H and O–H groups in total. The molecule has 0 atom stereocenters. The van der Waals surface area contributed by atoms with Gasteiger partial charge in [-0.1, -0.05) is 18.2 Å². The van der Waals surface area contributed by atoms with Crippen molar-refractivity contribution in [1.29, 1.82) is 5.26 Å². The molecule has 2 aromatic carbocycles. The summed E-state index contributed by atoms with van der Waals surface area (Å²) in [6.45, 7) is 2.36. The molecule has 6 heteroatoms. The van der Waals surface area contributed by atoms with Gasteiger partial charge in [0.05, 0.1) is 11.6 Å². The fourth-order valence-electron chi connectivity index (χ4n) is 2.85. The highest BCUT2D eigenvalue weighted by Crippen LogP contribution is 2.21. The largest absolute Gasteiger partial charge is 0.358 e. The minimum absolute atomic E-state index is 0.363. The second-order valence-corrected chi connectivity index (χ2v) is 5.92. The lowest BCUT2D eigenvalue weighted by atomic mass is 10.1. The Labute approximate surface area is 150 Å². The number of hydrogen-bond donors (Lipinski definition) is 3. The van der Waals surface area contributed by atoms with E-state index in [1.54, 1.807) is 24.3 Å². The van der Waals surface area contributed by atoms with Gasteiger partial charge in [-0.25, -0.2) is 0 Å². The van der Waals surface area contributed by atoms with Crippen LogP contribution in [0, 0.1) is 18.3 Å². The van der Waals surface area contributed by atoms with Gasteiger partial charge in [0, 0.05) is 28.8 Å². The summed E-state index contributed by atoms with van der Waals surface area (Å²) in [6.07, 6.45) is 0.631. The molecule has 1 aromatic heterocycles. The summed E-state index contributed by atoms with van der Waals surface area (Å²) in [7, 11) is 0. The van der Waals surface area contributed by atoms with E-state index in [1.807, 2.05) is 37.3 Å². The van der Waals surface area contributed by atoms with Crippen LogP contribution in [-0.2, 0) is 16.0 Å². The second-order valence-electron chi connectivity index (χ2n) is 5.92. The standard InChI is InChI=1S/C20H18N4O2/c1-13-16(17-4-2-3-5-18(17)23-13)10-11-22-19(25)20(26)24-15-8-6-14(12-21)7-9-15/h2-9,23H,10-11H2,1H3,(H,22,25)(H,24,26). The first-order valence-corrected chi connectivity index (χ1v) is 8.24. The van der Waals surface area contributed by atoms with Crippen LogP contribution >= 0.6 is 0 Å². The summed E-state index contributed by atoms with van der Waals surface area (Å²) in [5.74, 6) is -1.42. The highest BCUT2D eigenvalue weighted by molar-refractivity contribution is 6.39. The predicted molar refractivity (Wildman–Crippen MR) is 99.5 cm³/mol. The van der Waals surface area contributed by atoms with Gasteiger partial charge in [-0.2, -0.15) is 5.26 Å². The molecule has 0 aliphatic heterocycles. The monoisotopic (exact) mass is 346 g/mol. The Morgan fingerprint density at radius 3 is 2.54 bits per heavy atom. The quantitative estimate of drug-likeness (QED) is 0.633. The van der Waals surface area contributed by atoms with Gasteiger partial charge in [-0.05, 0) is 49.2 Å². The molecule has 3 rings (SSSR count). The van der Waals surface area contributed by atoms with Crippen molar-refractivity contribution in [3.05, 3.63) is 65.4 Å². The first-order chi connectivity index (χ1) is 12.6. The molecule has 1 heterocycles. The Morgan fingerprint density at radius 2 is 1.81 bits per heavy atom. The summed E-state index contributed by atoms with van der Waals surface area (Å²) in [5.41, 5.74) is 4.21. The fourth-order valence-corrected chi connectivity index (χ4v) is 2.85. The molecular formula is C20H18N4O2. The van der Waals surface area contributed by atoms with Crippen LogP contribution in [0.5, 0.6) is 0 Å². The van der Waals surface area contributed by atoms with E-state index in [0.717, 1.165) is 22.2 Å².